The van der Waals surface area contributed by atoms with E-state index in [1.807, 2.05) is 11.6 Å². The van der Waals surface area contributed by atoms with Crippen molar-refractivity contribution in [3.05, 3.63) is 29.3 Å². The number of fused-ring (bicyclic) bond motifs is 1. The molecule has 1 aliphatic carbocycles. The maximum absolute atomic E-state index is 11.9. The van der Waals surface area contributed by atoms with Gasteiger partial charge in [0.25, 0.3) is 0 Å². The molecule has 1 aromatic carbocycles. The number of carbonyl (C=O) groups is 1. The van der Waals surface area contributed by atoms with Crippen LogP contribution in [0.2, 0.25) is 0 Å². The van der Waals surface area contributed by atoms with E-state index in [0.29, 0.717) is 11.7 Å². The largest absolute Gasteiger partial charge is 0.298 e. The van der Waals surface area contributed by atoms with Gasteiger partial charge in [-0.3, -0.25) is 4.79 Å². The van der Waals surface area contributed by atoms with Gasteiger partial charge in [0, 0.05) is 5.92 Å². The van der Waals surface area contributed by atoms with E-state index in [4.69, 9.17) is 0 Å². The van der Waals surface area contributed by atoms with Crippen LogP contribution in [0.3, 0.4) is 0 Å². The molecule has 1 aromatic heterocycles. The molecule has 1 unspecified atom stereocenters. The summed E-state index contributed by atoms with van der Waals surface area (Å²) >= 11 is 5.16. The fourth-order valence-electron chi connectivity index (χ4n) is 1.96. The van der Waals surface area contributed by atoms with Gasteiger partial charge in [0.05, 0.1) is 20.6 Å². The molecule has 0 N–H and O–H groups in total. The lowest BCUT2D eigenvalue weighted by Crippen LogP contribution is -2.18. The first-order chi connectivity index (χ1) is 8.24. The smallest absolute Gasteiger partial charge is 0.149 e. The number of benzene rings is 1. The molecule has 17 heavy (non-hydrogen) atoms. The maximum Gasteiger partial charge on any atom is 0.149 e. The van der Waals surface area contributed by atoms with Crippen molar-refractivity contribution >= 4 is 43.3 Å². The molecule has 0 aliphatic heterocycles. The Labute approximate surface area is 112 Å². The molecular weight excluding hydrogens is 298 g/mol. The van der Waals surface area contributed by atoms with Gasteiger partial charge in [-0.05, 0) is 37.0 Å². The van der Waals surface area contributed by atoms with Crippen LogP contribution in [0.4, 0.5) is 0 Å². The summed E-state index contributed by atoms with van der Waals surface area (Å²) in [6.45, 7) is 0. The van der Waals surface area contributed by atoms with Crippen molar-refractivity contribution in [3.8, 4) is 0 Å². The topological polar surface area (TPSA) is 30.0 Å². The van der Waals surface area contributed by atoms with Crippen molar-refractivity contribution < 1.29 is 4.79 Å². The SMILES string of the molecule is O=C(C(Br)Cc1ccc2ncsc2c1)C1CC1. The fraction of sp³-hybridized carbons (Fsp3) is 0.385. The molecular formula is C13H12BrNOS. The molecule has 0 amide bonds. The summed E-state index contributed by atoms with van der Waals surface area (Å²) in [5, 5.41) is 0. The van der Waals surface area contributed by atoms with Crippen LogP contribution in [0, 0.1) is 5.92 Å². The summed E-state index contributed by atoms with van der Waals surface area (Å²) in [6, 6.07) is 6.24. The van der Waals surface area contributed by atoms with Crippen molar-refractivity contribution in [2.75, 3.05) is 0 Å². The molecule has 0 saturated heterocycles. The Bertz CT molecular complexity index is 561. The Morgan fingerprint density at radius 1 is 1.53 bits per heavy atom. The van der Waals surface area contributed by atoms with Gasteiger partial charge in [0.15, 0.2) is 0 Å². The number of alkyl halides is 1. The summed E-state index contributed by atoms with van der Waals surface area (Å²) in [4.78, 5) is 16.1. The third-order valence-electron chi connectivity index (χ3n) is 3.10. The van der Waals surface area contributed by atoms with Gasteiger partial charge in [0.2, 0.25) is 0 Å². The number of hydrogen-bond acceptors (Lipinski definition) is 3. The average molecular weight is 310 g/mol. The highest BCUT2D eigenvalue weighted by molar-refractivity contribution is 9.10. The van der Waals surface area contributed by atoms with Gasteiger partial charge >= 0.3 is 0 Å². The molecule has 2 nitrogen and oxygen atoms in total. The van der Waals surface area contributed by atoms with E-state index in [-0.39, 0.29) is 4.83 Å². The minimum absolute atomic E-state index is 0.0274. The molecule has 3 rings (SSSR count). The molecule has 88 valence electrons. The molecule has 4 heteroatoms. The Kier molecular flexibility index (Phi) is 3.01. The van der Waals surface area contributed by atoms with Crippen molar-refractivity contribution in [3.63, 3.8) is 0 Å². The Hall–Kier alpha value is -0.740. The van der Waals surface area contributed by atoms with Crippen LogP contribution < -0.4 is 0 Å². The Balaban J connectivity index is 1.76. The first-order valence-corrected chi connectivity index (χ1v) is 7.53. The first kappa shape index (κ1) is 11.4. The highest BCUT2D eigenvalue weighted by atomic mass is 79.9. The van der Waals surface area contributed by atoms with E-state index in [9.17, 15) is 4.79 Å². The van der Waals surface area contributed by atoms with Gasteiger partial charge in [-0.15, -0.1) is 11.3 Å². The van der Waals surface area contributed by atoms with E-state index >= 15 is 0 Å². The van der Waals surface area contributed by atoms with Crippen LogP contribution in [0.15, 0.2) is 23.7 Å². The minimum atomic E-state index is -0.0274. The fourth-order valence-corrected chi connectivity index (χ4v) is 3.45. The number of ketones is 1. The van der Waals surface area contributed by atoms with Gasteiger partial charge in [-0.2, -0.15) is 0 Å². The number of thiazole rings is 1. The molecule has 1 heterocycles. The quantitative estimate of drug-likeness (QED) is 0.808. The highest BCUT2D eigenvalue weighted by Gasteiger charge is 2.33. The molecule has 1 atom stereocenters. The number of carbonyl (C=O) groups excluding carboxylic acids is 1. The number of aromatic nitrogens is 1. The van der Waals surface area contributed by atoms with Crippen LogP contribution in [0.25, 0.3) is 10.2 Å². The van der Waals surface area contributed by atoms with Crippen LogP contribution in [0.1, 0.15) is 18.4 Å². The monoisotopic (exact) mass is 309 g/mol. The minimum Gasteiger partial charge on any atom is -0.298 e. The van der Waals surface area contributed by atoms with E-state index in [1.54, 1.807) is 11.3 Å². The number of halogens is 1. The van der Waals surface area contributed by atoms with Crippen LogP contribution in [-0.4, -0.2) is 15.6 Å². The molecule has 2 aromatic rings. The van der Waals surface area contributed by atoms with E-state index in [1.165, 1.54) is 10.3 Å². The number of nitrogens with zero attached hydrogens (tertiary/aromatic N) is 1. The van der Waals surface area contributed by atoms with Gasteiger partial charge in [-0.25, -0.2) is 4.98 Å². The van der Waals surface area contributed by atoms with Crippen LogP contribution in [0.5, 0.6) is 0 Å². The zero-order chi connectivity index (χ0) is 11.8. The molecule has 0 spiro atoms. The second-order valence-corrected chi connectivity index (χ2v) is 6.49. The lowest BCUT2D eigenvalue weighted by molar-refractivity contribution is -0.119. The zero-order valence-electron chi connectivity index (χ0n) is 9.23. The molecule has 0 bridgehead atoms. The van der Waals surface area contributed by atoms with Gasteiger partial charge < -0.3 is 0 Å². The summed E-state index contributed by atoms with van der Waals surface area (Å²) < 4.78 is 1.20. The summed E-state index contributed by atoms with van der Waals surface area (Å²) in [5.41, 5.74) is 4.10. The molecule has 1 saturated carbocycles. The Morgan fingerprint density at radius 2 is 2.35 bits per heavy atom. The predicted molar refractivity (Wildman–Crippen MR) is 73.8 cm³/mol. The van der Waals surface area contributed by atoms with E-state index < -0.39 is 0 Å². The van der Waals surface area contributed by atoms with E-state index in [2.05, 4.69) is 33.0 Å². The predicted octanol–water partition coefficient (Wildman–Crippen LogP) is 3.58. The van der Waals surface area contributed by atoms with Crippen molar-refractivity contribution in [1.82, 2.24) is 4.98 Å². The third kappa shape index (κ3) is 2.43. The van der Waals surface area contributed by atoms with E-state index in [0.717, 1.165) is 24.8 Å². The lowest BCUT2D eigenvalue weighted by Gasteiger charge is -2.08. The molecule has 0 radical (unpaired) electrons. The lowest BCUT2D eigenvalue weighted by atomic mass is 10.1. The second kappa shape index (κ2) is 4.50. The third-order valence-corrected chi connectivity index (χ3v) is 4.67. The first-order valence-electron chi connectivity index (χ1n) is 5.74. The number of rotatable bonds is 4. The van der Waals surface area contributed by atoms with Gasteiger partial charge in [0.1, 0.15) is 5.78 Å². The number of Topliss-reactive ketones (excluding diaryl/α,β-unsaturated/α-hetero) is 1. The summed E-state index contributed by atoms with van der Waals surface area (Å²) in [7, 11) is 0. The summed E-state index contributed by atoms with van der Waals surface area (Å²) in [5.74, 6) is 0.695. The van der Waals surface area contributed by atoms with Crippen molar-refractivity contribution in [1.29, 1.82) is 0 Å². The normalized spacial score (nSPS) is 17.2. The molecule has 1 aliphatic rings. The van der Waals surface area contributed by atoms with Crippen molar-refractivity contribution in [2.45, 2.75) is 24.1 Å². The Morgan fingerprint density at radius 3 is 3.12 bits per heavy atom. The van der Waals surface area contributed by atoms with Crippen LogP contribution in [-0.2, 0) is 11.2 Å². The highest BCUT2D eigenvalue weighted by Crippen LogP contribution is 2.33. The standard InChI is InChI=1S/C13H12BrNOS/c14-10(13(16)9-2-3-9)5-8-1-4-11-12(6-8)17-7-15-11/h1,4,6-7,9-10H,2-3,5H2. The van der Waals surface area contributed by atoms with Crippen molar-refractivity contribution in [2.24, 2.45) is 5.92 Å². The second-order valence-electron chi connectivity index (χ2n) is 4.50. The number of hydrogen-bond donors (Lipinski definition) is 0. The summed E-state index contributed by atoms with van der Waals surface area (Å²) in [6.07, 6.45) is 2.94. The maximum atomic E-state index is 11.9. The average Bonchev–Trinajstić information content (AvgIpc) is 3.07. The molecule has 1 fully saturated rings. The zero-order valence-corrected chi connectivity index (χ0v) is 11.6. The van der Waals surface area contributed by atoms with Gasteiger partial charge in [-0.1, -0.05) is 22.0 Å². The van der Waals surface area contributed by atoms with Crippen LogP contribution >= 0.6 is 27.3 Å².